The Bertz CT molecular complexity index is 647. The van der Waals surface area contributed by atoms with Crippen LogP contribution in [0.25, 0.3) is 0 Å². The number of halogens is 3. The second-order valence-corrected chi connectivity index (χ2v) is 5.53. The van der Waals surface area contributed by atoms with Gasteiger partial charge in [-0.3, -0.25) is 4.79 Å². The molecular formula is C13H9BrCl2N2O. The first-order chi connectivity index (χ1) is 8.97. The lowest BCUT2D eigenvalue weighted by atomic mass is 10.2. The van der Waals surface area contributed by atoms with E-state index in [1.54, 1.807) is 30.5 Å². The van der Waals surface area contributed by atoms with E-state index < -0.39 is 0 Å². The van der Waals surface area contributed by atoms with Crippen LogP contribution in [0.5, 0.6) is 0 Å². The van der Waals surface area contributed by atoms with Crippen molar-refractivity contribution >= 4 is 50.7 Å². The summed E-state index contributed by atoms with van der Waals surface area (Å²) >= 11 is 15.3. The fourth-order valence-corrected chi connectivity index (χ4v) is 2.27. The van der Waals surface area contributed by atoms with Crippen molar-refractivity contribution in [3.05, 3.63) is 56.2 Å². The van der Waals surface area contributed by atoms with Gasteiger partial charge in [0.15, 0.2) is 0 Å². The van der Waals surface area contributed by atoms with Gasteiger partial charge in [-0.25, -0.2) is 4.98 Å². The van der Waals surface area contributed by atoms with Crippen molar-refractivity contribution < 1.29 is 4.79 Å². The molecule has 0 aliphatic rings. The summed E-state index contributed by atoms with van der Waals surface area (Å²) in [6.07, 6.45) is 1.54. The molecule has 3 nitrogen and oxygen atoms in total. The Kier molecular flexibility index (Phi) is 4.45. The first-order valence-corrected chi connectivity index (χ1v) is 6.91. The summed E-state index contributed by atoms with van der Waals surface area (Å²) in [6.45, 7) is 1.85. The minimum absolute atomic E-state index is 0.273. The van der Waals surface area contributed by atoms with E-state index in [9.17, 15) is 4.79 Å². The van der Waals surface area contributed by atoms with Gasteiger partial charge in [-0.2, -0.15) is 0 Å². The van der Waals surface area contributed by atoms with Gasteiger partial charge in [-0.05, 0) is 52.7 Å². The molecule has 1 heterocycles. The van der Waals surface area contributed by atoms with E-state index in [2.05, 4.69) is 26.2 Å². The number of rotatable bonds is 2. The Hall–Kier alpha value is -1.10. The molecule has 0 unspecified atom stereocenters. The molecule has 6 heteroatoms. The van der Waals surface area contributed by atoms with E-state index in [0.717, 1.165) is 5.56 Å². The van der Waals surface area contributed by atoms with E-state index in [0.29, 0.717) is 25.9 Å². The van der Waals surface area contributed by atoms with Gasteiger partial charge in [-0.15, -0.1) is 0 Å². The average Bonchev–Trinajstić information content (AvgIpc) is 2.36. The van der Waals surface area contributed by atoms with E-state index in [1.807, 2.05) is 6.92 Å². The molecule has 19 heavy (non-hydrogen) atoms. The first-order valence-electron chi connectivity index (χ1n) is 5.36. The Morgan fingerprint density at radius 2 is 2.00 bits per heavy atom. The fourth-order valence-electron chi connectivity index (χ4n) is 1.48. The molecule has 0 saturated carbocycles. The highest BCUT2D eigenvalue weighted by Gasteiger charge is 2.10. The van der Waals surface area contributed by atoms with Crippen molar-refractivity contribution in [1.82, 2.24) is 4.98 Å². The minimum atomic E-state index is -0.273. The molecule has 0 saturated heterocycles. The normalized spacial score (nSPS) is 10.3. The van der Waals surface area contributed by atoms with E-state index in [4.69, 9.17) is 23.2 Å². The first kappa shape index (κ1) is 14.3. The van der Waals surface area contributed by atoms with Crippen molar-refractivity contribution in [3.63, 3.8) is 0 Å². The van der Waals surface area contributed by atoms with Crippen molar-refractivity contribution in [1.29, 1.82) is 0 Å². The molecule has 2 rings (SSSR count). The number of pyridine rings is 1. The highest BCUT2D eigenvalue weighted by Crippen LogP contribution is 2.29. The third-order valence-corrected chi connectivity index (χ3v) is 3.64. The SMILES string of the molecule is Cc1cc(Cl)c(NC(=O)c2ccnc(Br)c2)cc1Cl. The third kappa shape index (κ3) is 3.47. The highest BCUT2D eigenvalue weighted by atomic mass is 79.9. The second kappa shape index (κ2) is 5.90. The Labute approximate surface area is 129 Å². The van der Waals surface area contributed by atoms with Gasteiger partial charge in [-0.1, -0.05) is 23.2 Å². The molecule has 0 spiro atoms. The Balaban J connectivity index is 2.27. The molecule has 2 aromatic rings. The number of nitrogens with one attached hydrogen (secondary N) is 1. The molecule has 0 aliphatic carbocycles. The maximum atomic E-state index is 12.1. The van der Waals surface area contributed by atoms with Gasteiger partial charge < -0.3 is 5.32 Å². The Morgan fingerprint density at radius 1 is 1.26 bits per heavy atom. The zero-order valence-electron chi connectivity index (χ0n) is 9.88. The monoisotopic (exact) mass is 358 g/mol. The summed E-state index contributed by atoms with van der Waals surface area (Å²) in [7, 11) is 0. The Morgan fingerprint density at radius 3 is 2.68 bits per heavy atom. The third-order valence-electron chi connectivity index (χ3n) is 2.49. The lowest BCUT2D eigenvalue weighted by Gasteiger charge is -2.09. The minimum Gasteiger partial charge on any atom is -0.321 e. The largest absolute Gasteiger partial charge is 0.321 e. The molecule has 0 atom stereocenters. The smallest absolute Gasteiger partial charge is 0.255 e. The lowest BCUT2D eigenvalue weighted by molar-refractivity contribution is 0.102. The maximum absolute atomic E-state index is 12.1. The summed E-state index contributed by atoms with van der Waals surface area (Å²) in [4.78, 5) is 16.0. The molecule has 1 N–H and O–H groups in total. The van der Waals surface area contributed by atoms with Crippen LogP contribution in [0, 0.1) is 6.92 Å². The zero-order chi connectivity index (χ0) is 14.0. The number of benzene rings is 1. The summed E-state index contributed by atoms with van der Waals surface area (Å²) in [5, 5.41) is 3.72. The van der Waals surface area contributed by atoms with E-state index in [-0.39, 0.29) is 5.91 Å². The van der Waals surface area contributed by atoms with Gasteiger partial charge in [0.1, 0.15) is 4.60 Å². The van der Waals surface area contributed by atoms with Gasteiger partial charge >= 0.3 is 0 Å². The number of carbonyl (C=O) groups is 1. The predicted molar refractivity (Wildman–Crippen MR) is 81.1 cm³/mol. The molecule has 98 valence electrons. The summed E-state index contributed by atoms with van der Waals surface area (Å²) in [5.41, 5.74) is 1.82. The average molecular weight is 360 g/mol. The number of hydrogen-bond acceptors (Lipinski definition) is 2. The molecule has 1 aromatic carbocycles. The van der Waals surface area contributed by atoms with Crippen molar-refractivity contribution in [3.8, 4) is 0 Å². The number of carbonyl (C=O) groups excluding carboxylic acids is 1. The van der Waals surface area contributed by atoms with Crippen molar-refractivity contribution in [2.75, 3.05) is 5.32 Å². The zero-order valence-corrected chi connectivity index (χ0v) is 13.0. The second-order valence-electron chi connectivity index (χ2n) is 3.90. The lowest BCUT2D eigenvalue weighted by Crippen LogP contribution is -2.12. The van der Waals surface area contributed by atoms with Crippen LogP contribution < -0.4 is 5.32 Å². The van der Waals surface area contributed by atoms with Crippen LogP contribution in [0.2, 0.25) is 10.0 Å². The van der Waals surface area contributed by atoms with Crippen LogP contribution in [0.4, 0.5) is 5.69 Å². The van der Waals surface area contributed by atoms with Crippen LogP contribution in [-0.2, 0) is 0 Å². The summed E-state index contributed by atoms with van der Waals surface area (Å²) < 4.78 is 0.591. The topological polar surface area (TPSA) is 42.0 Å². The quantitative estimate of drug-likeness (QED) is 0.789. The van der Waals surface area contributed by atoms with E-state index >= 15 is 0 Å². The molecule has 0 fully saturated rings. The number of nitrogens with zero attached hydrogens (tertiary/aromatic N) is 1. The van der Waals surface area contributed by atoms with Crippen LogP contribution in [0.3, 0.4) is 0 Å². The fraction of sp³-hybridized carbons (Fsp3) is 0.0769. The van der Waals surface area contributed by atoms with Gasteiger partial charge in [0.05, 0.1) is 10.7 Å². The summed E-state index contributed by atoms with van der Waals surface area (Å²) in [5.74, 6) is -0.273. The van der Waals surface area contributed by atoms with Gasteiger partial charge in [0.2, 0.25) is 0 Å². The maximum Gasteiger partial charge on any atom is 0.255 e. The number of amides is 1. The van der Waals surface area contributed by atoms with Crippen LogP contribution in [-0.4, -0.2) is 10.9 Å². The van der Waals surface area contributed by atoms with Crippen LogP contribution in [0.1, 0.15) is 15.9 Å². The number of hydrogen-bond donors (Lipinski definition) is 1. The van der Waals surface area contributed by atoms with E-state index in [1.165, 1.54) is 0 Å². The molecule has 0 radical (unpaired) electrons. The number of aryl methyl sites for hydroxylation is 1. The molecule has 0 bridgehead atoms. The highest BCUT2D eigenvalue weighted by molar-refractivity contribution is 9.10. The van der Waals surface area contributed by atoms with Crippen LogP contribution in [0.15, 0.2) is 35.1 Å². The predicted octanol–water partition coefficient (Wildman–Crippen LogP) is 4.71. The van der Waals surface area contributed by atoms with Crippen molar-refractivity contribution in [2.24, 2.45) is 0 Å². The van der Waals surface area contributed by atoms with Crippen molar-refractivity contribution in [2.45, 2.75) is 6.92 Å². The number of anilines is 1. The van der Waals surface area contributed by atoms with Gasteiger partial charge in [0, 0.05) is 16.8 Å². The molecular weight excluding hydrogens is 351 g/mol. The summed E-state index contributed by atoms with van der Waals surface area (Å²) in [6, 6.07) is 6.58. The van der Waals surface area contributed by atoms with Crippen LogP contribution >= 0.6 is 39.1 Å². The standard InChI is InChI=1S/C13H9BrCl2N2O/c1-7-4-10(16)11(6-9(7)15)18-13(19)8-2-3-17-12(14)5-8/h2-6H,1H3,(H,18,19). The molecule has 1 amide bonds. The van der Waals surface area contributed by atoms with Gasteiger partial charge in [0.25, 0.3) is 5.91 Å². The molecule has 1 aromatic heterocycles. The number of aromatic nitrogens is 1. The molecule has 0 aliphatic heterocycles.